The molecule has 5 rings (SSSR count). The second kappa shape index (κ2) is 19.6. The van der Waals surface area contributed by atoms with E-state index in [1.54, 1.807) is 0 Å². The van der Waals surface area contributed by atoms with Crippen molar-refractivity contribution in [2.45, 2.75) is 234 Å². The number of aliphatic hydroxyl groups is 3. The number of hydrogen-bond donors (Lipinski definition) is 4. The van der Waals surface area contributed by atoms with Crippen LogP contribution in [0.3, 0.4) is 0 Å². The van der Waals surface area contributed by atoms with Crippen LogP contribution in [-0.2, 0) is 4.79 Å². The van der Waals surface area contributed by atoms with Gasteiger partial charge < -0.3 is 20.6 Å². The predicted molar refractivity (Wildman–Crippen MR) is 234 cm³/mol. The van der Waals surface area contributed by atoms with Crippen molar-refractivity contribution in [3.05, 3.63) is 12.2 Å². The highest BCUT2D eigenvalue weighted by molar-refractivity contribution is 5.75. The summed E-state index contributed by atoms with van der Waals surface area (Å²) in [5.74, 6) is 4.32. The Kier molecular flexibility index (Phi) is 16.2. The zero-order valence-electron chi connectivity index (χ0n) is 38.0. The summed E-state index contributed by atoms with van der Waals surface area (Å²) in [4.78, 5) is 12.5. The lowest BCUT2D eigenvalue weighted by molar-refractivity contribution is -0.241. The van der Waals surface area contributed by atoms with E-state index in [2.05, 4.69) is 72.9 Å². The van der Waals surface area contributed by atoms with Gasteiger partial charge in [-0.05, 0) is 172 Å². The molecular formula is C51H91NO4. The Bertz CT molecular complexity index is 1260. The highest BCUT2D eigenvalue weighted by atomic mass is 16.4. The third kappa shape index (κ3) is 9.66. The SMILES string of the molecule is CCCCCCC=CCCCCCCCC(=O)NC[C@H](O)[C@H](O)[C@H](O)CCC(C)[C@H]1CC[C@@]2(C)C1CC[C@]1(C)[C@@H]2CC[C@@H]2[C@@]3(C)CCCC(C)(C)[C@@H]3CC[C@]21C. The maximum atomic E-state index is 12.5. The van der Waals surface area contributed by atoms with Gasteiger partial charge in [-0.15, -0.1) is 0 Å². The zero-order chi connectivity index (χ0) is 40.8. The van der Waals surface area contributed by atoms with Crippen LogP contribution in [0.1, 0.15) is 216 Å². The minimum Gasteiger partial charge on any atom is -0.390 e. The Labute approximate surface area is 345 Å². The summed E-state index contributed by atoms with van der Waals surface area (Å²) in [7, 11) is 0. The average Bonchev–Trinajstić information content (AvgIpc) is 3.51. The fourth-order valence-electron chi connectivity index (χ4n) is 15.5. The fourth-order valence-corrected chi connectivity index (χ4v) is 15.5. The van der Waals surface area contributed by atoms with Crippen molar-refractivity contribution >= 4 is 5.91 Å². The minimum absolute atomic E-state index is 0.0159. The van der Waals surface area contributed by atoms with Gasteiger partial charge >= 0.3 is 0 Å². The highest BCUT2D eigenvalue weighted by Crippen LogP contribution is 2.78. The lowest BCUT2D eigenvalue weighted by Gasteiger charge is -2.73. The number of nitrogens with one attached hydrogen (secondary N) is 1. The van der Waals surface area contributed by atoms with Crippen LogP contribution in [0.5, 0.6) is 0 Å². The van der Waals surface area contributed by atoms with E-state index in [4.69, 9.17) is 0 Å². The predicted octanol–water partition coefficient (Wildman–Crippen LogP) is 12.4. The first kappa shape index (κ1) is 46.2. The van der Waals surface area contributed by atoms with Crippen LogP contribution >= 0.6 is 0 Å². The molecule has 56 heavy (non-hydrogen) atoms. The van der Waals surface area contributed by atoms with E-state index in [0.29, 0.717) is 51.8 Å². The second-order valence-corrected chi connectivity index (χ2v) is 22.4. The van der Waals surface area contributed by atoms with E-state index in [1.807, 2.05) is 0 Å². The molecule has 5 aliphatic carbocycles. The summed E-state index contributed by atoms with van der Waals surface area (Å²) in [5.41, 5.74) is 2.19. The largest absolute Gasteiger partial charge is 0.390 e. The number of fused-ring (bicyclic) bond motifs is 7. The van der Waals surface area contributed by atoms with Gasteiger partial charge in [-0.3, -0.25) is 4.79 Å². The highest BCUT2D eigenvalue weighted by Gasteiger charge is 2.70. The van der Waals surface area contributed by atoms with Gasteiger partial charge in [-0.2, -0.15) is 0 Å². The number of hydrogen-bond acceptors (Lipinski definition) is 4. The number of rotatable bonds is 21. The Morgan fingerprint density at radius 1 is 0.661 bits per heavy atom. The van der Waals surface area contributed by atoms with Crippen LogP contribution in [0.2, 0.25) is 0 Å². The Hall–Kier alpha value is -0.910. The van der Waals surface area contributed by atoms with Gasteiger partial charge in [-0.25, -0.2) is 0 Å². The first-order chi connectivity index (χ1) is 26.5. The molecule has 0 aromatic carbocycles. The molecule has 324 valence electrons. The maximum absolute atomic E-state index is 12.5. The van der Waals surface area contributed by atoms with Crippen molar-refractivity contribution in [2.24, 2.45) is 62.6 Å². The smallest absolute Gasteiger partial charge is 0.220 e. The van der Waals surface area contributed by atoms with Crippen LogP contribution in [-0.4, -0.2) is 46.1 Å². The quantitative estimate of drug-likeness (QED) is 0.0690. The Morgan fingerprint density at radius 2 is 1.27 bits per heavy atom. The second-order valence-electron chi connectivity index (χ2n) is 22.4. The summed E-state index contributed by atoms with van der Waals surface area (Å²) in [6.07, 6.45) is 31.4. The Balaban J connectivity index is 1.01. The number of carbonyl (C=O) groups is 1. The molecular weight excluding hydrogens is 691 g/mol. The number of carbonyl (C=O) groups excluding carboxylic acids is 1. The van der Waals surface area contributed by atoms with Gasteiger partial charge in [0.15, 0.2) is 0 Å². The molecule has 5 aliphatic rings. The zero-order valence-corrected chi connectivity index (χ0v) is 38.0. The van der Waals surface area contributed by atoms with E-state index in [-0.39, 0.29) is 12.5 Å². The lowest BCUT2D eigenvalue weighted by Crippen LogP contribution is -2.65. The molecule has 1 amide bonds. The molecule has 5 fully saturated rings. The fraction of sp³-hybridized carbons (Fsp3) is 0.941. The van der Waals surface area contributed by atoms with Gasteiger partial charge in [0, 0.05) is 13.0 Å². The van der Waals surface area contributed by atoms with Gasteiger partial charge in [0.2, 0.25) is 5.91 Å². The molecule has 0 heterocycles. The molecule has 5 nitrogen and oxygen atoms in total. The first-order valence-corrected chi connectivity index (χ1v) is 24.5. The average molecular weight is 782 g/mol. The molecule has 2 unspecified atom stereocenters. The lowest BCUT2D eigenvalue weighted by atomic mass is 9.32. The van der Waals surface area contributed by atoms with Crippen LogP contribution < -0.4 is 5.32 Å². The Morgan fingerprint density at radius 3 is 1.95 bits per heavy atom. The van der Waals surface area contributed by atoms with Gasteiger partial charge in [0.25, 0.3) is 0 Å². The summed E-state index contributed by atoms with van der Waals surface area (Å²) < 4.78 is 0. The van der Waals surface area contributed by atoms with Crippen LogP contribution in [0.25, 0.3) is 0 Å². The van der Waals surface area contributed by atoms with Crippen LogP contribution in [0, 0.1) is 62.6 Å². The van der Waals surface area contributed by atoms with Gasteiger partial charge in [-0.1, -0.05) is 112 Å². The van der Waals surface area contributed by atoms with E-state index >= 15 is 0 Å². The van der Waals surface area contributed by atoms with Gasteiger partial charge in [0.05, 0.1) is 12.2 Å². The van der Waals surface area contributed by atoms with Crippen LogP contribution in [0.15, 0.2) is 12.2 Å². The standard InChI is InChI=1S/C51H91NO4/c1-9-10-11-12-13-14-15-16-17-18-19-20-21-23-45(55)52-36-41(54)46(56)40(53)25-24-37(2)38-28-33-48(5)39(38)29-34-50(7)43(48)26-27-44-49(6)32-22-31-47(3,4)42(49)30-35-51(44,50)8/h14-15,37-44,46,53-54,56H,9-13,16-36H2,1-8H3,(H,52,55)/t37?,38-,39?,40-,41+,42+,43-,44-,46-,48+,49+,50-,51-/m1/s1. The normalized spacial score (nSPS) is 38.5. The molecule has 0 spiro atoms. The van der Waals surface area contributed by atoms with Gasteiger partial charge in [0.1, 0.15) is 6.10 Å². The van der Waals surface area contributed by atoms with Crippen molar-refractivity contribution in [3.8, 4) is 0 Å². The monoisotopic (exact) mass is 782 g/mol. The summed E-state index contributed by atoms with van der Waals surface area (Å²) >= 11 is 0. The van der Waals surface area contributed by atoms with Crippen LogP contribution in [0.4, 0.5) is 0 Å². The molecule has 0 saturated heterocycles. The van der Waals surface area contributed by atoms with E-state index in [9.17, 15) is 20.1 Å². The van der Waals surface area contributed by atoms with E-state index in [0.717, 1.165) is 55.8 Å². The third-order valence-corrected chi connectivity index (χ3v) is 18.9. The summed E-state index contributed by atoms with van der Waals surface area (Å²) in [5, 5.41) is 35.3. The molecule has 13 atom stereocenters. The van der Waals surface area contributed by atoms with E-state index in [1.165, 1.54) is 116 Å². The third-order valence-electron chi connectivity index (χ3n) is 18.9. The number of unbranched alkanes of at least 4 members (excludes halogenated alkanes) is 9. The molecule has 5 saturated carbocycles. The van der Waals surface area contributed by atoms with Crippen molar-refractivity contribution < 1.29 is 20.1 Å². The maximum Gasteiger partial charge on any atom is 0.220 e. The number of allylic oxidation sites excluding steroid dienone is 2. The van der Waals surface area contributed by atoms with Crippen molar-refractivity contribution in [3.63, 3.8) is 0 Å². The molecule has 0 aliphatic heterocycles. The van der Waals surface area contributed by atoms with Crippen molar-refractivity contribution in [2.75, 3.05) is 6.54 Å². The molecule has 0 aromatic heterocycles. The topological polar surface area (TPSA) is 89.8 Å². The minimum atomic E-state index is -1.25. The molecule has 0 bridgehead atoms. The first-order valence-electron chi connectivity index (χ1n) is 24.5. The number of amides is 1. The molecule has 5 heteroatoms. The molecule has 4 N–H and O–H groups in total. The van der Waals surface area contributed by atoms with Crippen molar-refractivity contribution in [1.82, 2.24) is 5.32 Å². The summed E-state index contributed by atoms with van der Waals surface area (Å²) in [6, 6.07) is 0. The van der Waals surface area contributed by atoms with E-state index < -0.39 is 18.3 Å². The van der Waals surface area contributed by atoms with Crippen molar-refractivity contribution in [1.29, 1.82) is 0 Å². The molecule has 0 radical (unpaired) electrons. The molecule has 0 aromatic rings. The number of aliphatic hydroxyl groups excluding tert-OH is 3. The summed E-state index contributed by atoms with van der Waals surface area (Å²) in [6.45, 7) is 20.7.